The molecule has 5 aromatic rings. The Balaban J connectivity index is 1.52. The van der Waals surface area contributed by atoms with Crippen LogP contribution in [0.15, 0.2) is 121 Å². The van der Waals surface area contributed by atoms with Gasteiger partial charge >= 0.3 is 0 Å². The van der Waals surface area contributed by atoms with Crippen molar-refractivity contribution < 1.29 is 0 Å². The molecule has 0 radical (unpaired) electrons. The van der Waals surface area contributed by atoms with E-state index >= 15 is 0 Å². The minimum absolute atomic E-state index is 0.288. The van der Waals surface area contributed by atoms with Crippen molar-refractivity contribution in [3.05, 3.63) is 121 Å². The number of hydrogen-bond donors (Lipinski definition) is 0. The zero-order valence-corrected chi connectivity index (χ0v) is 17.7. The van der Waals surface area contributed by atoms with Crippen molar-refractivity contribution in [3.8, 4) is 22.3 Å². The molecule has 0 amide bonds. The van der Waals surface area contributed by atoms with E-state index in [-0.39, 0.29) is 13.4 Å². The van der Waals surface area contributed by atoms with E-state index in [9.17, 15) is 0 Å². The van der Waals surface area contributed by atoms with Gasteiger partial charge in [0.15, 0.2) is 0 Å². The molecule has 2 aliphatic heterocycles. The molecule has 0 fully saturated rings. The van der Waals surface area contributed by atoms with Gasteiger partial charge in [0.1, 0.15) is 0 Å². The van der Waals surface area contributed by atoms with Crippen LogP contribution in [0.5, 0.6) is 0 Å². The zero-order valence-electron chi connectivity index (χ0n) is 17.7. The van der Waals surface area contributed by atoms with E-state index in [2.05, 4.69) is 121 Å². The summed E-state index contributed by atoms with van der Waals surface area (Å²) >= 11 is 0. The maximum Gasteiger partial charge on any atom is 0.242 e. The van der Waals surface area contributed by atoms with Crippen molar-refractivity contribution in [1.82, 2.24) is 0 Å². The van der Waals surface area contributed by atoms with Crippen LogP contribution < -0.4 is 32.8 Å². The van der Waals surface area contributed by atoms with Gasteiger partial charge in [-0.25, -0.2) is 0 Å². The third kappa shape index (κ3) is 2.47. The molecule has 0 aliphatic carbocycles. The van der Waals surface area contributed by atoms with Gasteiger partial charge in [-0.05, 0) is 22.3 Å². The fraction of sp³-hybridized carbons (Fsp3) is 0. The Bertz CT molecular complexity index is 1360. The third-order valence-electron chi connectivity index (χ3n) is 7.23. The first-order valence-corrected chi connectivity index (χ1v) is 11.4. The lowest BCUT2D eigenvalue weighted by molar-refractivity contribution is 1.71. The van der Waals surface area contributed by atoms with Gasteiger partial charge in [-0.3, -0.25) is 0 Å². The summed E-state index contributed by atoms with van der Waals surface area (Å²) in [6.07, 6.45) is 0. The molecule has 2 heteroatoms. The summed E-state index contributed by atoms with van der Waals surface area (Å²) < 4.78 is 0. The minimum atomic E-state index is 0.288. The van der Waals surface area contributed by atoms with Crippen LogP contribution in [0, 0.1) is 0 Å². The van der Waals surface area contributed by atoms with Gasteiger partial charge in [-0.2, -0.15) is 0 Å². The molecule has 0 atom stereocenters. The highest BCUT2D eigenvalue weighted by atomic mass is 14.2. The Hall–Kier alpha value is -3.77. The van der Waals surface area contributed by atoms with Gasteiger partial charge < -0.3 is 0 Å². The minimum Gasteiger partial charge on any atom is -0.0686 e. The van der Waals surface area contributed by atoms with E-state index in [1.807, 2.05) is 0 Å². The largest absolute Gasteiger partial charge is 0.242 e. The number of benzene rings is 5. The second kappa shape index (κ2) is 6.87. The van der Waals surface area contributed by atoms with Gasteiger partial charge in [0, 0.05) is 0 Å². The number of fused-ring (bicyclic) bond motifs is 6. The maximum absolute atomic E-state index is 2.49. The molecule has 2 heterocycles. The van der Waals surface area contributed by atoms with Crippen LogP contribution in [0.2, 0.25) is 0 Å². The van der Waals surface area contributed by atoms with E-state index < -0.39 is 0 Å². The summed E-state index contributed by atoms with van der Waals surface area (Å²) in [7, 11) is 0. The Morgan fingerprint density at radius 3 is 1.12 bits per heavy atom. The second-order valence-electron chi connectivity index (χ2n) is 8.89. The average Bonchev–Trinajstić information content (AvgIpc) is 3.36. The highest BCUT2D eigenvalue weighted by Gasteiger charge is 2.38. The average molecular weight is 402 g/mol. The van der Waals surface area contributed by atoms with Crippen LogP contribution in [-0.2, 0) is 0 Å². The predicted molar refractivity (Wildman–Crippen MR) is 140 cm³/mol. The first-order valence-electron chi connectivity index (χ1n) is 11.4. The molecule has 0 nitrogen and oxygen atoms in total. The summed E-state index contributed by atoms with van der Waals surface area (Å²) in [4.78, 5) is 0. The Kier molecular flexibility index (Phi) is 3.83. The molecule has 0 bridgehead atoms. The monoisotopic (exact) mass is 402 g/mol. The molecule has 0 aromatic heterocycles. The number of rotatable bonds is 2. The topological polar surface area (TPSA) is 0 Å². The van der Waals surface area contributed by atoms with Crippen molar-refractivity contribution in [2.24, 2.45) is 0 Å². The molecular formula is C30H20B2. The smallest absolute Gasteiger partial charge is 0.0686 e. The van der Waals surface area contributed by atoms with Crippen LogP contribution in [0.4, 0.5) is 0 Å². The lowest BCUT2D eigenvalue weighted by Crippen LogP contribution is -2.50. The molecule has 0 unspecified atom stereocenters. The van der Waals surface area contributed by atoms with Crippen LogP contribution in [-0.4, -0.2) is 13.4 Å². The van der Waals surface area contributed by atoms with Gasteiger partial charge in [-0.15, -0.1) is 0 Å². The van der Waals surface area contributed by atoms with Crippen molar-refractivity contribution in [2.45, 2.75) is 0 Å². The standard InChI is InChI=1S/C30H20B2/c1-3-11-21(12-4-1)31-27-17-9-7-15-23(27)25-20-30-26(19-29(25)31)24-16-8-10-18-28(24)32(30)22-13-5-2-6-14-22/h1-20H. The SMILES string of the molecule is c1ccc(B2c3ccccc3-c3cc4c(cc32)-c2ccccc2B4c2ccccc2)cc1. The van der Waals surface area contributed by atoms with E-state index in [0.717, 1.165) is 0 Å². The van der Waals surface area contributed by atoms with Crippen molar-refractivity contribution in [1.29, 1.82) is 0 Å². The molecule has 0 saturated carbocycles. The molecule has 2 aliphatic rings. The van der Waals surface area contributed by atoms with E-state index in [1.165, 1.54) is 55.0 Å². The third-order valence-corrected chi connectivity index (χ3v) is 7.23. The zero-order chi connectivity index (χ0) is 21.1. The summed E-state index contributed by atoms with van der Waals surface area (Å²) in [5.41, 5.74) is 14.0. The molecule has 0 saturated heterocycles. The number of hydrogen-bond acceptors (Lipinski definition) is 0. The van der Waals surface area contributed by atoms with Crippen LogP contribution in [0.3, 0.4) is 0 Å². The summed E-state index contributed by atoms with van der Waals surface area (Å²) in [6, 6.07) is 44.8. The van der Waals surface area contributed by atoms with Crippen molar-refractivity contribution in [3.63, 3.8) is 0 Å². The Morgan fingerprint density at radius 1 is 0.312 bits per heavy atom. The fourth-order valence-corrected chi connectivity index (χ4v) is 5.91. The van der Waals surface area contributed by atoms with Crippen molar-refractivity contribution in [2.75, 3.05) is 0 Å². The molecule has 146 valence electrons. The van der Waals surface area contributed by atoms with Gasteiger partial charge in [0.25, 0.3) is 0 Å². The predicted octanol–water partition coefficient (Wildman–Crippen LogP) is 2.68. The highest BCUT2D eigenvalue weighted by molar-refractivity contribution is 7.01. The van der Waals surface area contributed by atoms with E-state index in [1.54, 1.807) is 0 Å². The highest BCUT2D eigenvalue weighted by Crippen LogP contribution is 2.29. The molecule has 32 heavy (non-hydrogen) atoms. The quantitative estimate of drug-likeness (QED) is 0.391. The molecule has 0 spiro atoms. The molecule has 7 rings (SSSR count). The summed E-state index contributed by atoms with van der Waals surface area (Å²) in [6.45, 7) is 0.575. The lowest BCUT2D eigenvalue weighted by atomic mass is 9.37. The first kappa shape index (κ1) is 17.9. The van der Waals surface area contributed by atoms with Gasteiger partial charge in [0.05, 0.1) is 0 Å². The van der Waals surface area contributed by atoms with Crippen LogP contribution >= 0.6 is 0 Å². The van der Waals surface area contributed by atoms with E-state index in [4.69, 9.17) is 0 Å². The first-order chi connectivity index (χ1) is 15.9. The Morgan fingerprint density at radius 2 is 0.688 bits per heavy atom. The second-order valence-corrected chi connectivity index (χ2v) is 8.89. The van der Waals surface area contributed by atoms with Crippen molar-refractivity contribution >= 4 is 46.2 Å². The lowest BCUT2D eigenvalue weighted by Gasteiger charge is -2.14. The Labute approximate surface area is 189 Å². The maximum atomic E-state index is 2.49. The van der Waals surface area contributed by atoms with E-state index in [0.29, 0.717) is 0 Å². The van der Waals surface area contributed by atoms with Crippen LogP contribution in [0.25, 0.3) is 22.3 Å². The summed E-state index contributed by atoms with van der Waals surface area (Å²) in [5.74, 6) is 0. The molecule has 0 N–H and O–H groups in total. The molecule has 5 aromatic carbocycles. The molecular weight excluding hydrogens is 382 g/mol. The van der Waals surface area contributed by atoms with Crippen LogP contribution in [0.1, 0.15) is 0 Å². The fourth-order valence-electron chi connectivity index (χ4n) is 5.91. The van der Waals surface area contributed by atoms with Gasteiger partial charge in [-0.1, -0.05) is 154 Å². The van der Waals surface area contributed by atoms with Gasteiger partial charge in [0.2, 0.25) is 13.4 Å². The summed E-state index contributed by atoms with van der Waals surface area (Å²) in [5, 5.41) is 0. The normalized spacial score (nSPS) is 12.9.